The van der Waals surface area contributed by atoms with Gasteiger partial charge in [-0.2, -0.15) is 8.78 Å². The van der Waals surface area contributed by atoms with Crippen LogP contribution < -0.4 is 14.8 Å². The van der Waals surface area contributed by atoms with E-state index in [-0.39, 0.29) is 16.2 Å². The van der Waals surface area contributed by atoms with Crippen molar-refractivity contribution in [3.8, 4) is 5.75 Å². The van der Waals surface area contributed by atoms with Crippen LogP contribution in [0, 0.1) is 6.92 Å². The zero-order valence-electron chi connectivity index (χ0n) is 17.3. The number of nitrogens with one attached hydrogen (secondary N) is 2. The van der Waals surface area contributed by atoms with E-state index < -0.39 is 28.1 Å². The molecule has 30 heavy (non-hydrogen) atoms. The molecular weight excluding hydrogens is 414 g/mol. The predicted molar refractivity (Wildman–Crippen MR) is 110 cm³/mol. The number of ether oxygens (including phenoxy) is 1. The molecule has 2 rings (SSSR count). The first-order valence-electron chi connectivity index (χ1n) is 9.34. The van der Waals surface area contributed by atoms with E-state index in [1.807, 2.05) is 0 Å². The minimum Gasteiger partial charge on any atom is -0.435 e. The summed E-state index contributed by atoms with van der Waals surface area (Å²) in [6.45, 7) is 4.35. The van der Waals surface area contributed by atoms with Gasteiger partial charge < -0.3 is 10.1 Å². The van der Waals surface area contributed by atoms with Crippen LogP contribution in [0.3, 0.4) is 0 Å². The first kappa shape index (κ1) is 23.8. The summed E-state index contributed by atoms with van der Waals surface area (Å²) in [5.74, 6) is -0.326. The molecule has 0 spiro atoms. The average molecular weight is 441 g/mol. The Labute approximate surface area is 175 Å². The number of halogens is 2. The number of benzene rings is 2. The summed E-state index contributed by atoms with van der Waals surface area (Å²) >= 11 is 0. The number of aryl methyl sites for hydroxylation is 1. The quantitative estimate of drug-likeness (QED) is 0.656. The minimum absolute atomic E-state index is 0.0165. The fourth-order valence-electron chi connectivity index (χ4n) is 2.73. The van der Waals surface area contributed by atoms with Crippen LogP contribution >= 0.6 is 0 Å². The third-order valence-corrected chi connectivity index (χ3v) is 5.81. The highest BCUT2D eigenvalue weighted by Crippen LogP contribution is 2.18. The maximum atomic E-state index is 12.6. The largest absolute Gasteiger partial charge is 0.435 e. The van der Waals surface area contributed by atoms with Crippen LogP contribution in [-0.2, 0) is 16.4 Å². The number of carbonyl (C=O) groups is 1. The van der Waals surface area contributed by atoms with Crippen LogP contribution in [0.4, 0.5) is 8.78 Å². The van der Waals surface area contributed by atoms with Crippen molar-refractivity contribution in [1.29, 1.82) is 0 Å². The molecule has 0 bridgehead atoms. The third-order valence-electron chi connectivity index (χ3n) is 4.05. The van der Waals surface area contributed by atoms with Crippen molar-refractivity contribution < 1.29 is 26.7 Å². The van der Waals surface area contributed by atoms with E-state index in [4.69, 9.17) is 0 Å². The van der Waals surface area contributed by atoms with Crippen molar-refractivity contribution in [1.82, 2.24) is 10.0 Å². The summed E-state index contributed by atoms with van der Waals surface area (Å²) in [5.41, 5.74) is 1.10. The minimum atomic E-state index is -3.76. The molecule has 2 aromatic rings. The van der Waals surface area contributed by atoms with E-state index in [1.54, 1.807) is 45.9 Å². The highest BCUT2D eigenvalue weighted by atomic mass is 32.2. The summed E-state index contributed by atoms with van der Waals surface area (Å²) in [5, 5.41) is 2.76. The molecular formula is C21H26F2N2O4S. The van der Waals surface area contributed by atoms with E-state index in [1.165, 1.54) is 24.3 Å². The fraction of sp³-hybridized carbons (Fsp3) is 0.381. The standard InChI is InChI=1S/C21H26F2N2O4S/c1-14-5-10-17(30(27,28)25-21(2,3)4)13-18(14)19(26)24-12-11-15-6-8-16(9-7-15)29-20(22)23/h5-10,13,20,25H,11-12H2,1-4H3,(H,24,26). The summed E-state index contributed by atoms with van der Waals surface area (Å²) in [7, 11) is -3.76. The van der Waals surface area contributed by atoms with E-state index in [9.17, 15) is 22.0 Å². The van der Waals surface area contributed by atoms with Crippen molar-refractivity contribution in [3.63, 3.8) is 0 Å². The van der Waals surface area contributed by atoms with Gasteiger partial charge in [0.2, 0.25) is 10.0 Å². The van der Waals surface area contributed by atoms with Gasteiger partial charge in [0.15, 0.2) is 0 Å². The number of hydrogen-bond donors (Lipinski definition) is 2. The Morgan fingerprint density at radius 1 is 1.10 bits per heavy atom. The molecule has 0 saturated heterocycles. The number of hydrogen-bond acceptors (Lipinski definition) is 4. The molecule has 0 saturated carbocycles. The molecule has 0 aliphatic carbocycles. The van der Waals surface area contributed by atoms with Gasteiger partial charge in [0.1, 0.15) is 5.75 Å². The molecule has 2 aromatic carbocycles. The molecule has 0 aliphatic rings. The number of amides is 1. The fourth-order valence-corrected chi connectivity index (χ4v) is 4.17. The summed E-state index contributed by atoms with van der Waals surface area (Å²) in [4.78, 5) is 12.6. The second-order valence-corrected chi connectivity index (χ2v) is 9.54. The second kappa shape index (κ2) is 9.53. The first-order valence-corrected chi connectivity index (χ1v) is 10.8. The molecule has 2 N–H and O–H groups in total. The average Bonchev–Trinajstić information content (AvgIpc) is 2.60. The molecule has 0 fully saturated rings. The van der Waals surface area contributed by atoms with E-state index in [0.717, 1.165) is 5.56 Å². The highest BCUT2D eigenvalue weighted by Gasteiger charge is 2.23. The molecule has 0 aliphatic heterocycles. The Morgan fingerprint density at radius 2 is 1.73 bits per heavy atom. The third kappa shape index (κ3) is 7.07. The van der Waals surface area contributed by atoms with Gasteiger partial charge in [0.05, 0.1) is 4.90 Å². The lowest BCUT2D eigenvalue weighted by atomic mass is 10.1. The van der Waals surface area contributed by atoms with Gasteiger partial charge in [-0.05, 0) is 69.5 Å². The zero-order chi connectivity index (χ0) is 22.5. The maximum absolute atomic E-state index is 12.6. The topological polar surface area (TPSA) is 84.5 Å². The van der Waals surface area contributed by atoms with Gasteiger partial charge in [-0.25, -0.2) is 13.1 Å². The Bertz CT molecular complexity index is 985. The van der Waals surface area contributed by atoms with Crippen LogP contribution in [0.1, 0.15) is 42.3 Å². The van der Waals surface area contributed by atoms with E-state index in [0.29, 0.717) is 18.5 Å². The maximum Gasteiger partial charge on any atom is 0.387 e. The van der Waals surface area contributed by atoms with Crippen molar-refractivity contribution in [2.75, 3.05) is 6.54 Å². The smallest absolute Gasteiger partial charge is 0.387 e. The molecule has 0 unspecified atom stereocenters. The Hall–Kier alpha value is -2.52. The van der Waals surface area contributed by atoms with Crippen LogP contribution in [0.15, 0.2) is 47.4 Å². The summed E-state index contributed by atoms with van der Waals surface area (Å²) in [6, 6.07) is 10.6. The molecule has 9 heteroatoms. The summed E-state index contributed by atoms with van der Waals surface area (Å²) < 4.78 is 56.3. The lowest BCUT2D eigenvalue weighted by molar-refractivity contribution is -0.0498. The van der Waals surface area contributed by atoms with Crippen molar-refractivity contribution >= 4 is 15.9 Å². The molecule has 0 heterocycles. The Balaban J connectivity index is 2.03. The Morgan fingerprint density at radius 3 is 2.30 bits per heavy atom. The van der Waals surface area contributed by atoms with Crippen LogP contribution in [-0.4, -0.2) is 33.0 Å². The number of carbonyl (C=O) groups excluding carboxylic acids is 1. The molecule has 6 nitrogen and oxygen atoms in total. The SMILES string of the molecule is Cc1ccc(S(=O)(=O)NC(C)(C)C)cc1C(=O)NCCc1ccc(OC(F)F)cc1. The molecule has 0 atom stereocenters. The lowest BCUT2D eigenvalue weighted by Crippen LogP contribution is -2.40. The van der Waals surface area contributed by atoms with Gasteiger partial charge in [-0.1, -0.05) is 18.2 Å². The van der Waals surface area contributed by atoms with Crippen molar-refractivity contribution in [3.05, 3.63) is 59.2 Å². The second-order valence-electron chi connectivity index (χ2n) is 7.86. The molecule has 1 amide bonds. The monoisotopic (exact) mass is 440 g/mol. The van der Waals surface area contributed by atoms with Gasteiger partial charge in [-0.15, -0.1) is 0 Å². The summed E-state index contributed by atoms with van der Waals surface area (Å²) in [6.07, 6.45) is 0.476. The molecule has 164 valence electrons. The van der Waals surface area contributed by atoms with Crippen LogP contribution in [0.25, 0.3) is 0 Å². The number of rotatable bonds is 8. The Kier molecular flexibility index (Phi) is 7.54. The highest BCUT2D eigenvalue weighted by molar-refractivity contribution is 7.89. The van der Waals surface area contributed by atoms with Gasteiger partial charge >= 0.3 is 6.61 Å². The van der Waals surface area contributed by atoms with Gasteiger partial charge in [0, 0.05) is 17.6 Å². The van der Waals surface area contributed by atoms with Crippen LogP contribution in [0.2, 0.25) is 0 Å². The predicted octanol–water partition coefficient (Wildman–Crippen LogP) is 3.65. The first-order chi connectivity index (χ1) is 13.9. The molecule has 0 aromatic heterocycles. The molecule has 0 radical (unpaired) electrons. The van der Waals surface area contributed by atoms with Gasteiger partial charge in [0.25, 0.3) is 5.91 Å². The van der Waals surface area contributed by atoms with Crippen molar-refractivity contribution in [2.24, 2.45) is 0 Å². The van der Waals surface area contributed by atoms with E-state index >= 15 is 0 Å². The normalized spacial score (nSPS) is 12.1. The number of alkyl halides is 2. The van der Waals surface area contributed by atoms with Gasteiger partial charge in [-0.3, -0.25) is 4.79 Å². The van der Waals surface area contributed by atoms with Crippen molar-refractivity contribution in [2.45, 2.75) is 51.2 Å². The zero-order valence-corrected chi connectivity index (χ0v) is 18.1. The lowest BCUT2D eigenvalue weighted by Gasteiger charge is -2.20. The van der Waals surface area contributed by atoms with Crippen LogP contribution in [0.5, 0.6) is 5.75 Å². The van der Waals surface area contributed by atoms with E-state index in [2.05, 4.69) is 14.8 Å². The number of sulfonamides is 1.